The molecule has 1 aromatic rings. The number of benzene rings is 1. The van der Waals surface area contributed by atoms with Crippen LogP contribution in [0.2, 0.25) is 0 Å². The Hall–Kier alpha value is -1.39. The van der Waals surface area contributed by atoms with Gasteiger partial charge in [-0.1, -0.05) is 25.3 Å². The van der Waals surface area contributed by atoms with Crippen molar-refractivity contribution in [3.63, 3.8) is 0 Å². The molecule has 0 aliphatic rings. The number of carbonyl (C=O) groups is 1. The number of hydrogen-bond donors (Lipinski definition) is 2. The molecule has 1 rings (SSSR count). The normalized spacial score (nSPS) is 11.7. The molecule has 0 aliphatic heterocycles. The summed E-state index contributed by atoms with van der Waals surface area (Å²) in [6.45, 7) is 1.94. The molecule has 3 nitrogen and oxygen atoms in total. The third-order valence-corrected chi connectivity index (χ3v) is 3.75. The molecule has 72 valence electrons. The van der Waals surface area contributed by atoms with Gasteiger partial charge >= 0.3 is 12.0 Å². The van der Waals surface area contributed by atoms with Gasteiger partial charge in [-0.15, -0.1) is 0 Å². The van der Waals surface area contributed by atoms with E-state index in [1.807, 2.05) is 18.8 Å². The van der Waals surface area contributed by atoms with Gasteiger partial charge in [0.05, 0.1) is 6.16 Å². The zero-order valence-electron chi connectivity index (χ0n) is 7.82. The number of carboxylic acids is 1. The van der Waals surface area contributed by atoms with Gasteiger partial charge in [-0.2, -0.15) is 0 Å². The summed E-state index contributed by atoms with van der Waals surface area (Å²) in [5.74, 6) is -0.763. The molecule has 1 atom stereocenters. The second-order valence-corrected chi connectivity index (χ2v) is 5.15. The zero-order chi connectivity index (χ0) is 10.6. The van der Waals surface area contributed by atoms with Crippen molar-refractivity contribution in [1.29, 1.82) is 0 Å². The molecule has 1 aromatic carbocycles. The van der Waals surface area contributed by atoms with Gasteiger partial charge in [0.15, 0.2) is 0 Å². The first-order valence-corrected chi connectivity index (χ1v) is 6.06. The Morgan fingerprint density at radius 2 is 2.07 bits per heavy atom. The van der Waals surface area contributed by atoms with Gasteiger partial charge in [0.2, 0.25) is 0 Å². The van der Waals surface area contributed by atoms with Gasteiger partial charge < -0.3 is 5.11 Å². The molecule has 0 aliphatic carbocycles. The summed E-state index contributed by atoms with van der Waals surface area (Å²) in [5.41, 5.74) is 0.715. The van der Waals surface area contributed by atoms with Crippen LogP contribution in [0.25, 0.3) is 0 Å². The summed E-state index contributed by atoms with van der Waals surface area (Å²) in [6, 6.07) is 9.57. The molecule has 0 saturated heterocycles. The Morgan fingerprint density at radius 1 is 1.50 bits per heavy atom. The summed E-state index contributed by atoms with van der Waals surface area (Å²) in [6.07, 6.45) is 0.197. The largest absolute Gasteiger partial charge is 0.481 e. The SMILES string of the molecule is CP(CC(=O)O)c1ccc(C#[NH+])cc1. The van der Waals surface area contributed by atoms with Crippen LogP contribution in [-0.2, 0) is 4.79 Å². The number of rotatable bonds is 3. The highest BCUT2D eigenvalue weighted by Crippen LogP contribution is 2.28. The summed E-state index contributed by atoms with van der Waals surface area (Å²) in [5, 5.41) is 16.6. The average Bonchev–Trinajstić information content (AvgIpc) is 2.17. The van der Waals surface area contributed by atoms with Crippen LogP contribution in [0, 0.1) is 6.07 Å². The Morgan fingerprint density at radius 3 is 2.50 bits per heavy atom. The average molecular weight is 208 g/mol. The first-order chi connectivity index (χ1) is 6.63. The highest BCUT2D eigenvalue weighted by atomic mass is 31.1. The standard InChI is InChI=1S/C10H10NO2P/c1-14(7-10(12)13)9-4-2-8(6-11)3-5-9/h2-5H,7H2,1H3,(H,12,13)/p+1. The lowest BCUT2D eigenvalue weighted by molar-refractivity contribution is -0.134. The van der Waals surface area contributed by atoms with E-state index in [1.54, 1.807) is 12.1 Å². The first-order valence-electron chi connectivity index (χ1n) is 4.09. The predicted molar refractivity (Wildman–Crippen MR) is 55.4 cm³/mol. The van der Waals surface area contributed by atoms with Gasteiger partial charge in [-0.05, 0) is 24.1 Å². The fraction of sp³-hybridized carbons (Fsp3) is 0.200. The Kier molecular flexibility index (Phi) is 3.62. The van der Waals surface area contributed by atoms with E-state index in [0.717, 1.165) is 5.30 Å². The summed E-state index contributed by atoms with van der Waals surface area (Å²) in [4.78, 5) is 10.5. The lowest BCUT2D eigenvalue weighted by Gasteiger charge is -2.08. The van der Waals surface area contributed by atoms with Gasteiger partial charge in [0, 0.05) is 0 Å². The summed E-state index contributed by atoms with van der Waals surface area (Å²) >= 11 is 0. The minimum absolute atomic E-state index is 0.197. The molecular formula is C10H11NO2P+. The maximum Gasteiger partial charge on any atom is 0.308 e. The van der Waals surface area contributed by atoms with Gasteiger partial charge in [-0.3, -0.25) is 4.79 Å². The van der Waals surface area contributed by atoms with Crippen molar-refractivity contribution in [3.8, 4) is 6.07 Å². The number of carboxylic acid groups (broad SMARTS) is 1. The number of hydrogen-bond acceptors (Lipinski definition) is 1. The third kappa shape index (κ3) is 2.83. The molecule has 14 heavy (non-hydrogen) atoms. The van der Waals surface area contributed by atoms with Crippen molar-refractivity contribution in [2.24, 2.45) is 0 Å². The van der Waals surface area contributed by atoms with E-state index in [1.165, 1.54) is 0 Å². The molecule has 0 radical (unpaired) electrons. The van der Waals surface area contributed by atoms with Crippen molar-refractivity contribution in [3.05, 3.63) is 29.8 Å². The lowest BCUT2D eigenvalue weighted by atomic mass is 10.2. The van der Waals surface area contributed by atoms with Crippen molar-refractivity contribution in [1.82, 2.24) is 0 Å². The van der Waals surface area contributed by atoms with E-state index in [4.69, 9.17) is 10.4 Å². The minimum atomic E-state index is -0.763. The van der Waals surface area contributed by atoms with E-state index >= 15 is 0 Å². The second kappa shape index (κ2) is 4.74. The molecule has 0 fully saturated rings. The minimum Gasteiger partial charge on any atom is -0.481 e. The topological polar surface area (TPSA) is 61.1 Å². The monoisotopic (exact) mass is 208 g/mol. The smallest absolute Gasteiger partial charge is 0.308 e. The summed E-state index contributed by atoms with van der Waals surface area (Å²) < 4.78 is 0. The van der Waals surface area contributed by atoms with E-state index < -0.39 is 13.9 Å². The molecular weight excluding hydrogens is 197 g/mol. The van der Waals surface area contributed by atoms with E-state index in [-0.39, 0.29) is 6.16 Å². The fourth-order valence-corrected chi connectivity index (χ4v) is 2.34. The lowest BCUT2D eigenvalue weighted by Crippen LogP contribution is -2.17. The second-order valence-electron chi connectivity index (χ2n) is 2.92. The van der Waals surface area contributed by atoms with Crippen LogP contribution < -0.4 is 10.6 Å². The highest BCUT2D eigenvalue weighted by Gasteiger charge is 2.09. The highest BCUT2D eigenvalue weighted by molar-refractivity contribution is 7.65. The molecule has 2 N–H and O–H groups in total. The van der Waals surface area contributed by atoms with E-state index in [9.17, 15) is 4.79 Å². The number of nitrogens with one attached hydrogen (secondary N) is 1. The molecule has 0 amide bonds. The quantitative estimate of drug-likeness (QED) is 0.666. The molecule has 4 heteroatoms. The van der Waals surface area contributed by atoms with Crippen LogP contribution in [0.4, 0.5) is 0 Å². The van der Waals surface area contributed by atoms with Crippen LogP contribution in [0.1, 0.15) is 5.56 Å². The number of aliphatic carboxylic acids is 1. The van der Waals surface area contributed by atoms with Crippen molar-refractivity contribution < 1.29 is 15.2 Å². The van der Waals surface area contributed by atoms with Crippen LogP contribution in [0.3, 0.4) is 0 Å². The van der Waals surface area contributed by atoms with E-state index in [0.29, 0.717) is 5.56 Å². The maximum atomic E-state index is 10.5. The van der Waals surface area contributed by atoms with Crippen molar-refractivity contribution >= 4 is 19.2 Å². The molecule has 0 spiro atoms. The Balaban J connectivity index is 2.77. The molecule has 0 aromatic heterocycles. The van der Waals surface area contributed by atoms with Gasteiger partial charge in [-0.25, -0.2) is 0 Å². The Labute approximate surface area is 83.7 Å². The molecule has 0 heterocycles. The predicted octanol–water partition coefficient (Wildman–Crippen LogP) is -0.371. The Bertz CT molecular complexity index is 367. The molecule has 0 saturated carbocycles. The van der Waals surface area contributed by atoms with E-state index in [2.05, 4.69) is 6.07 Å². The summed E-state index contributed by atoms with van der Waals surface area (Å²) in [7, 11) is -0.621. The third-order valence-electron chi connectivity index (χ3n) is 1.82. The van der Waals surface area contributed by atoms with Crippen LogP contribution in [0.15, 0.2) is 24.3 Å². The zero-order valence-corrected chi connectivity index (χ0v) is 8.71. The van der Waals surface area contributed by atoms with Crippen molar-refractivity contribution in [2.75, 3.05) is 12.8 Å². The van der Waals surface area contributed by atoms with Gasteiger partial charge in [0.1, 0.15) is 5.56 Å². The molecule has 0 bridgehead atoms. The fourth-order valence-electron chi connectivity index (χ4n) is 1.09. The van der Waals surface area contributed by atoms with Crippen molar-refractivity contribution in [2.45, 2.75) is 0 Å². The maximum absolute atomic E-state index is 10.5. The first kappa shape index (κ1) is 10.7. The van der Waals surface area contributed by atoms with Crippen LogP contribution in [-0.4, -0.2) is 23.9 Å². The van der Waals surface area contributed by atoms with Gasteiger partial charge in [0.25, 0.3) is 0 Å². The molecule has 1 unspecified atom stereocenters. The van der Waals surface area contributed by atoms with Crippen LogP contribution in [0.5, 0.6) is 0 Å². The van der Waals surface area contributed by atoms with Crippen LogP contribution >= 0.6 is 7.92 Å².